The molecule has 0 bridgehead atoms. The van der Waals surface area contributed by atoms with Crippen LogP contribution in [0.1, 0.15) is 21.0 Å². The Kier molecular flexibility index (Phi) is 3.08. The van der Waals surface area contributed by atoms with E-state index in [1.165, 1.54) is 14.4 Å². The van der Waals surface area contributed by atoms with Crippen molar-refractivity contribution in [2.45, 2.75) is 27.3 Å². The average Bonchev–Trinajstić information content (AvgIpc) is 2.69. The van der Waals surface area contributed by atoms with E-state index >= 15 is 0 Å². The molecule has 96 valence electrons. The fraction of sp³-hybridized carbons (Fsp3) is 0.364. The van der Waals surface area contributed by atoms with E-state index in [4.69, 9.17) is 5.73 Å². The van der Waals surface area contributed by atoms with Crippen LogP contribution in [0.2, 0.25) is 0 Å². The highest BCUT2D eigenvalue weighted by molar-refractivity contribution is 7.12. The number of nitro groups is 1. The third-order valence-corrected chi connectivity index (χ3v) is 3.79. The molecule has 0 atom stereocenters. The smallest absolute Gasteiger partial charge is 0.333 e. The Morgan fingerprint density at radius 3 is 2.61 bits per heavy atom. The lowest BCUT2D eigenvalue weighted by atomic mass is 10.2. The summed E-state index contributed by atoms with van der Waals surface area (Å²) in [5, 5.41) is 15.0. The molecule has 6 nitrogen and oxygen atoms in total. The number of nitrogens with two attached hydrogens (primary N) is 1. The second kappa shape index (κ2) is 4.41. The first-order valence-corrected chi connectivity index (χ1v) is 6.25. The van der Waals surface area contributed by atoms with Crippen molar-refractivity contribution in [3.8, 4) is 0 Å². The second-order valence-corrected chi connectivity index (χ2v) is 5.63. The Labute approximate surface area is 108 Å². The minimum atomic E-state index is -0.486. The standard InChI is InChI=1S/C11H14N4O2S/c1-6-4-9(8(3)18-6)5-14-11(12)10(15(16)17)7(2)13-14/h4H,5,12H2,1-3H3. The monoisotopic (exact) mass is 266 g/mol. The molecule has 0 unspecified atom stereocenters. The molecule has 7 heteroatoms. The summed E-state index contributed by atoms with van der Waals surface area (Å²) < 4.78 is 1.49. The molecule has 18 heavy (non-hydrogen) atoms. The maximum atomic E-state index is 10.9. The first-order valence-electron chi connectivity index (χ1n) is 5.43. The summed E-state index contributed by atoms with van der Waals surface area (Å²) in [6, 6.07) is 2.06. The van der Waals surface area contributed by atoms with Gasteiger partial charge in [0.15, 0.2) is 0 Å². The highest BCUT2D eigenvalue weighted by Crippen LogP contribution is 2.27. The van der Waals surface area contributed by atoms with Crippen molar-refractivity contribution < 1.29 is 4.92 Å². The molecule has 0 fully saturated rings. The van der Waals surface area contributed by atoms with Gasteiger partial charge < -0.3 is 5.73 Å². The molecule has 0 spiro atoms. The van der Waals surface area contributed by atoms with Crippen molar-refractivity contribution >= 4 is 22.8 Å². The van der Waals surface area contributed by atoms with Crippen LogP contribution in [0.4, 0.5) is 11.5 Å². The van der Waals surface area contributed by atoms with Crippen LogP contribution in [-0.2, 0) is 6.54 Å². The first kappa shape index (κ1) is 12.6. The Morgan fingerprint density at radius 2 is 2.17 bits per heavy atom. The molecule has 2 aromatic heterocycles. The molecule has 0 aliphatic rings. The maximum absolute atomic E-state index is 10.9. The van der Waals surface area contributed by atoms with E-state index in [1.54, 1.807) is 18.3 Å². The van der Waals surface area contributed by atoms with Gasteiger partial charge in [0.25, 0.3) is 0 Å². The van der Waals surface area contributed by atoms with Crippen LogP contribution in [0, 0.1) is 30.9 Å². The summed E-state index contributed by atoms with van der Waals surface area (Å²) in [4.78, 5) is 12.8. The van der Waals surface area contributed by atoms with Crippen LogP contribution in [0.5, 0.6) is 0 Å². The number of nitrogen functional groups attached to an aromatic ring is 1. The van der Waals surface area contributed by atoms with E-state index < -0.39 is 4.92 Å². The molecule has 2 heterocycles. The lowest BCUT2D eigenvalue weighted by Crippen LogP contribution is -2.06. The van der Waals surface area contributed by atoms with E-state index in [2.05, 4.69) is 11.2 Å². The van der Waals surface area contributed by atoms with Gasteiger partial charge in [0.1, 0.15) is 5.69 Å². The Bertz CT molecular complexity index is 615. The van der Waals surface area contributed by atoms with Crippen LogP contribution >= 0.6 is 11.3 Å². The van der Waals surface area contributed by atoms with E-state index in [0.29, 0.717) is 12.2 Å². The lowest BCUT2D eigenvalue weighted by molar-refractivity contribution is -0.384. The van der Waals surface area contributed by atoms with Crippen molar-refractivity contribution in [1.82, 2.24) is 9.78 Å². The fourth-order valence-corrected chi connectivity index (χ4v) is 2.88. The van der Waals surface area contributed by atoms with Gasteiger partial charge in [-0.1, -0.05) is 0 Å². The maximum Gasteiger partial charge on any atom is 0.333 e. The number of nitrogens with zero attached hydrogens (tertiary/aromatic N) is 3. The summed E-state index contributed by atoms with van der Waals surface area (Å²) >= 11 is 1.70. The third-order valence-electron chi connectivity index (χ3n) is 2.78. The number of aryl methyl sites for hydroxylation is 3. The molecular weight excluding hydrogens is 252 g/mol. The molecule has 0 radical (unpaired) electrons. The van der Waals surface area contributed by atoms with Gasteiger partial charge in [-0.3, -0.25) is 10.1 Å². The number of hydrogen-bond donors (Lipinski definition) is 1. The lowest BCUT2D eigenvalue weighted by Gasteiger charge is -2.02. The zero-order valence-corrected chi connectivity index (χ0v) is 11.2. The Morgan fingerprint density at radius 1 is 1.50 bits per heavy atom. The largest absolute Gasteiger partial charge is 0.378 e. The molecule has 0 saturated carbocycles. The molecule has 2 rings (SSSR count). The summed E-state index contributed by atoms with van der Waals surface area (Å²) in [5.74, 6) is 0.112. The summed E-state index contributed by atoms with van der Waals surface area (Å²) in [6.07, 6.45) is 0. The van der Waals surface area contributed by atoms with Gasteiger partial charge in [0.2, 0.25) is 5.82 Å². The molecular formula is C11H14N4O2S. The second-order valence-electron chi connectivity index (χ2n) is 4.17. The van der Waals surface area contributed by atoms with Crippen molar-refractivity contribution in [1.29, 1.82) is 0 Å². The van der Waals surface area contributed by atoms with Gasteiger partial charge >= 0.3 is 5.69 Å². The molecule has 0 aliphatic carbocycles. The zero-order chi connectivity index (χ0) is 13.4. The van der Waals surface area contributed by atoms with Crippen molar-refractivity contribution in [3.63, 3.8) is 0 Å². The molecule has 2 aromatic rings. The number of aromatic nitrogens is 2. The van der Waals surface area contributed by atoms with Crippen LogP contribution in [-0.4, -0.2) is 14.7 Å². The first-order chi connectivity index (χ1) is 8.40. The molecule has 0 amide bonds. The summed E-state index contributed by atoms with van der Waals surface area (Å²) in [5.41, 5.74) is 7.12. The number of hydrogen-bond acceptors (Lipinski definition) is 5. The van der Waals surface area contributed by atoms with Crippen LogP contribution in [0.25, 0.3) is 0 Å². The van der Waals surface area contributed by atoms with Crippen LogP contribution in [0.15, 0.2) is 6.07 Å². The van der Waals surface area contributed by atoms with Crippen LogP contribution in [0.3, 0.4) is 0 Å². The van der Waals surface area contributed by atoms with Crippen molar-refractivity contribution in [2.24, 2.45) is 0 Å². The molecule has 0 aromatic carbocycles. The normalized spacial score (nSPS) is 10.8. The van der Waals surface area contributed by atoms with Gasteiger partial charge in [-0.25, -0.2) is 4.68 Å². The predicted molar refractivity (Wildman–Crippen MR) is 70.9 cm³/mol. The highest BCUT2D eigenvalue weighted by Gasteiger charge is 2.23. The number of anilines is 1. The minimum absolute atomic E-state index is 0.0976. The van der Waals surface area contributed by atoms with Gasteiger partial charge in [0, 0.05) is 9.75 Å². The summed E-state index contributed by atoms with van der Waals surface area (Å²) in [7, 11) is 0. The van der Waals surface area contributed by atoms with Gasteiger partial charge in [-0.2, -0.15) is 5.10 Å². The topological polar surface area (TPSA) is 87.0 Å². The van der Waals surface area contributed by atoms with E-state index in [0.717, 1.165) is 5.56 Å². The highest BCUT2D eigenvalue weighted by atomic mass is 32.1. The van der Waals surface area contributed by atoms with Crippen molar-refractivity contribution in [3.05, 3.63) is 37.2 Å². The quantitative estimate of drug-likeness (QED) is 0.682. The number of thiophene rings is 1. The summed E-state index contributed by atoms with van der Waals surface area (Å²) in [6.45, 7) is 6.11. The zero-order valence-electron chi connectivity index (χ0n) is 10.4. The fourth-order valence-electron chi connectivity index (χ4n) is 1.94. The molecule has 2 N–H and O–H groups in total. The third kappa shape index (κ3) is 2.08. The van der Waals surface area contributed by atoms with Crippen LogP contribution < -0.4 is 5.73 Å². The van der Waals surface area contributed by atoms with Crippen molar-refractivity contribution in [2.75, 3.05) is 5.73 Å². The van der Waals surface area contributed by atoms with Gasteiger partial charge in [-0.15, -0.1) is 11.3 Å². The van der Waals surface area contributed by atoms with Gasteiger partial charge in [0.05, 0.1) is 11.5 Å². The molecule has 0 aliphatic heterocycles. The van der Waals surface area contributed by atoms with E-state index in [1.807, 2.05) is 13.8 Å². The molecule has 0 saturated heterocycles. The average molecular weight is 266 g/mol. The Balaban J connectivity index is 2.39. The Hall–Kier alpha value is -1.89. The van der Waals surface area contributed by atoms with Gasteiger partial charge in [-0.05, 0) is 32.4 Å². The SMILES string of the molecule is Cc1cc(Cn2nc(C)c([N+](=O)[O-])c2N)c(C)s1. The number of rotatable bonds is 3. The van der Waals surface area contributed by atoms with E-state index in [-0.39, 0.29) is 11.5 Å². The predicted octanol–water partition coefficient (Wildman–Crippen LogP) is 2.41. The van der Waals surface area contributed by atoms with E-state index in [9.17, 15) is 10.1 Å². The minimum Gasteiger partial charge on any atom is -0.378 e.